The van der Waals surface area contributed by atoms with Crippen LogP contribution in [-0.4, -0.2) is 83.2 Å². The van der Waals surface area contributed by atoms with E-state index in [0.29, 0.717) is 24.1 Å². The Morgan fingerprint density at radius 2 is 1.55 bits per heavy atom. The van der Waals surface area contributed by atoms with Crippen LogP contribution >= 0.6 is 0 Å². The third-order valence-corrected chi connectivity index (χ3v) is 11.4. The molecular weight excluding hydrogens is 646 g/mol. The molecule has 2 saturated heterocycles. The number of hydrogen-bond donors (Lipinski definition) is 1. The van der Waals surface area contributed by atoms with Crippen molar-refractivity contribution in [3.63, 3.8) is 0 Å². The molecule has 2 aromatic rings. The molecule has 2 aliphatic heterocycles. The average molecular weight is 707 g/mol. The minimum absolute atomic E-state index is 0.132. The van der Waals surface area contributed by atoms with Crippen molar-refractivity contribution in [2.24, 2.45) is 5.92 Å². The van der Waals surface area contributed by atoms with Gasteiger partial charge in [-0.3, -0.25) is 4.90 Å². The van der Waals surface area contributed by atoms with Crippen molar-refractivity contribution in [2.75, 3.05) is 44.2 Å². The summed E-state index contributed by atoms with van der Waals surface area (Å²) in [5, 5.41) is 8.93. The van der Waals surface area contributed by atoms with Gasteiger partial charge < -0.3 is 19.6 Å². The molecule has 5 aliphatic rings. The summed E-state index contributed by atoms with van der Waals surface area (Å²) in [6, 6.07) is 13.6. The van der Waals surface area contributed by atoms with E-state index in [4.69, 9.17) is 9.84 Å². The van der Waals surface area contributed by atoms with Gasteiger partial charge in [-0.05, 0) is 93.2 Å². The predicted octanol–water partition coefficient (Wildman–Crippen LogP) is 9.63. The quantitative estimate of drug-likeness (QED) is 0.155. The summed E-state index contributed by atoms with van der Waals surface area (Å²) in [4.78, 5) is 21.9. The molecule has 3 heterocycles. The number of pyridine rings is 1. The topological polar surface area (TPSA) is 69.1 Å². The number of halogens is 2. The molecule has 0 bridgehead atoms. The second-order valence-electron chi connectivity index (χ2n) is 15.6. The fourth-order valence-electron chi connectivity index (χ4n) is 8.14. The van der Waals surface area contributed by atoms with Crippen molar-refractivity contribution < 1.29 is 23.4 Å². The molecule has 280 valence electrons. The first-order chi connectivity index (χ1) is 24.8. The van der Waals surface area contributed by atoms with E-state index in [-0.39, 0.29) is 24.7 Å². The van der Waals surface area contributed by atoms with E-state index in [2.05, 4.69) is 59.0 Å². The molecule has 1 N–H and O–H groups in total. The van der Waals surface area contributed by atoms with Crippen LogP contribution in [0.2, 0.25) is 0 Å². The van der Waals surface area contributed by atoms with Gasteiger partial charge in [0.25, 0.3) is 5.92 Å². The van der Waals surface area contributed by atoms with E-state index < -0.39 is 11.9 Å². The number of carboxylic acids is 1. The van der Waals surface area contributed by atoms with Crippen LogP contribution in [-0.2, 0) is 0 Å². The maximum absolute atomic E-state index is 12.9. The first kappa shape index (κ1) is 37.6. The molecule has 0 spiro atoms. The Morgan fingerprint density at radius 3 is 2.18 bits per heavy atom. The van der Waals surface area contributed by atoms with Crippen molar-refractivity contribution in [3.8, 4) is 5.88 Å². The van der Waals surface area contributed by atoms with E-state index in [0.717, 1.165) is 24.9 Å². The largest absolute Gasteiger partial charge is 0.477 e. The average Bonchev–Trinajstić information content (AvgIpc) is 4.07. The second-order valence-corrected chi connectivity index (χ2v) is 15.6. The van der Waals surface area contributed by atoms with E-state index >= 15 is 0 Å². The smallest absolute Gasteiger partial charge is 0.354 e. The van der Waals surface area contributed by atoms with Crippen molar-refractivity contribution in [1.82, 2.24) is 14.8 Å². The first-order valence-electron chi connectivity index (χ1n) is 20.1. The number of anilines is 1. The molecule has 7 rings (SSSR count). The number of aromatic nitrogens is 1. The number of nitrogens with zero attached hydrogens (tertiary/aromatic N) is 4. The highest BCUT2D eigenvalue weighted by molar-refractivity contribution is 5.86. The Balaban J connectivity index is 0.000000193. The van der Waals surface area contributed by atoms with Gasteiger partial charge in [0.2, 0.25) is 5.88 Å². The highest BCUT2D eigenvalue weighted by atomic mass is 19.3. The Bertz CT molecular complexity index is 1460. The molecular formula is C42H60F2N4O3. The third-order valence-electron chi connectivity index (χ3n) is 11.4. The van der Waals surface area contributed by atoms with E-state index in [1.54, 1.807) is 11.3 Å². The van der Waals surface area contributed by atoms with Crippen LogP contribution in [0.4, 0.5) is 14.5 Å². The number of alkyl halides is 2. The van der Waals surface area contributed by atoms with Crippen LogP contribution < -0.4 is 9.64 Å². The summed E-state index contributed by atoms with van der Waals surface area (Å²) in [5.74, 6) is -2.64. The van der Waals surface area contributed by atoms with Gasteiger partial charge in [-0.2, -0.15) is 0 Å². The Hall–Kier alpha value is -3.20. The molecule has 9 heteroatoms. The van der Waals surface area contributed by atoms with Crippen LogP contribution in [0.15, 0.2) is 42.1 Å². The molecule has 51 heavy (non-hydrogen) atoms. The number of likely N-dealkylation sites (tertiary alicyclic amines) is 1. The molecule has 3 aliphatic carbocycles. The van der Waals surface area contributed by atoms with Gasteiger partial charge in [-0.1, -0.05) is 83.1 Å². The Morgan fingerprint density at radius 1 is 0.882 bits per heavy atom. The lowest BCUT2D eigenvalue weighted by Gasteiger charge is -2.41. The van der Waals surface area contributed by atoms with Crippen molar-refractivity contribution >= 4 is 17.7 Å². The number of hydrogen-bond acceptors (Lipinski definition) is 6. The van der Waals surface area contributed by atoms with Gasteiger partial charge >= 0.3 is 5.97 Å². The molecule has 2 saturated carbocycles. The van der Waals surface area contributed by atoms with Crippen LogP contribution in [0, 0.1) is 5.92 Å². The number of carboxylic acid groups (broad SMARTS) is 1. The molecule has 1 unspecified atom stereocenters. The minimum Gasteiger partial charge on any atom is -0.477 e. The highest BCUT2D eigenvalue weighted by Gasteiger charge is 2.45. The number of allylic oxidation sites excluding steroid dienone is 1. The van der Waals surface area contributed by atoms with E-state index in [9.17, 15) is 13.6 Å². The molecule has 4 fully saturated rings. The SMILES string of the molecule is CCCCCCCCCCN(C1CC1)C1CCN(C2=Cc3ccccc3C2CC)CC1.O=C(O)c1ccc(N2CC(F)(F)C2)c(OCC2CC2)n1. The molecule has 1 aromatic heterocycles. The van der Waals surface area contributed by atoms with E-state index in [1.165, 1.54) is 126 Å². The lowest BCUT2D eigenvalue weighted by Crippen LogP contribution is -2.56. The number of rotatable bonds is 18. The number of ether oxygens (including phenoxy) is 1. The van der Waals surface area contributed by atoms with Crippen LogP contribution in [0.5, 0.6) is 5.88 Å². The highest BCUT2D eigenvalue weighted by Crippen LogP contribution is 2.42. The Labute approximate surface area is 304 Å². The molecule has 0 radical (unpaired) electrons. The van der Waals surface area contributed by atoms with Gasteiger partial charge in [0.1, 0.15) is 5.69 Å². The number of carbonyl (C=O) groups is 1. The molecule has 7 nitrogen and oxygen atoms in total. The third kappa shape index (κ3) is 10.2. The normalized spacial score (nSPS) is 21.1. The fraction of sp³-hybridized carbons (Fsp3) is 0.667. The fourth-order valence-corrected chi connectivity index (χ4v) is 8.14. The van der Waals surface area contributed by atoms with Crippen LogP contribution in [0.25, 0.3) is 6.08 Å². The zero-order valence-corrected chi connectivity index (χ0v) is 31.0. The monoisotopic (exact) mass is 706 g/mol. The van der Waals surface area contributed by atoms with Gasteiger partial charge in [0.15, 0.2) is 5.69 Å². The molecule has 1 atom stereocenters. The lowest BCUT2D eigenvalue weighted by molar-refractivity contribution is -0.0265. The summed E-state index contributed by atoms with van der Waals surface area (Å²) in [6.45, 7) is 8.20. The zero-order chi connectivity index (χ0) is 35.8. The summed E-state index contributed by atoms with van der Waals surface area (Å²) in [7, 11) is 0. The summed E-state index contributed by atoms with van der Waals surface area (Å²) >= 11 is 0. The number of fused-ring (bicyclic) bond motifs is 1. The Kier molecular flexibility index (Phi) is 12.9. The van der Waals surface area contributed by atoms with Gasteiger partial charge in [-0.25, -0.2) is 18.6 Å². The van der Waals surface area contributed by atoms with Crippen molar-refractivity contribution in [2.45, 2.75) is 134 Å². The number of aromatic carboxylic acids is 1. The standard InChI is InChI=1S/C29H46N2.C13H14F2N2O3/c1-3-5-6-7-8-9-10-13-20-31(25-16-17-25)26-18-21-30(22-19-26)29-23-24-14-11-12-15-28(24)27(29)4-2;14-13(15)6-17(7-13)10-4-3-9(12(18)19)16-11(10)20-5-8-1-2-8/h11-12,14-15,23,25-27H,3-10,13,16-22H2,1-2H3;3-4,8H,1-2,5-7H2,(H,18,19). The maximum Gasteiger partial charge on any atom is 0.354 e. The maximum atomic E-state index is 12.9. The first-order valence-corrected chi connectivity index (χ1v) is 20.1. The lowest BCUT2D eigenvalue weighted by atomic mass is 9.94. The summed E-state index contributed by atoms with van der Waals surface area (Å²) in [6.07, 6.45) is 23.0. The molecule has 0 amide bonds. The van der Waals surface area contributed by atoms with Gasteiger partial charge in [0, 0.05) is 36.8 Å². The summed E-state index contributed by atoms with van der Waals surface area (Å²) < 4.78 is 31.4. The van der Waals surface area contributed by atoms with Crippen LogP contribution in [0.3, 0.4) is 0 Å². The van der Waals surface area contributed by atoms with Crippen molar-refractivity contribution in [3.05, 3.63) is 58.9 Å². The zero-order valence-electron chi connectivity index (χ0n) is 31.0. The summed E-state index contributed by atoms with van der Waals surface area (Å²) in [5.41, 5.74) is 4.90. The van der Waals surface area contributed by atoms with Gasteiger partial charge in [-0.15, -0.1) is 0 Å². The van der Waals surface area contributed by atoms with Crippen LogP contribution in [0.1, 0.15) is 138 Å². The number of piperidine rings is 1. The predicted molar refractivity (Wildman–Crippen MR) is 201 cm³/mol. The molecule has 1 aromatic carbocycles. The number of unbranched alkanes of at least 4 members (excludes halogenated alkanes) is 7. The second kappa shape index (κ2) is 17.5. The minimum atomic E-state index is -2.70. The van der Waals surface area contributed by atoms with E-state index in [1.807, 2.05) is 0 Å². The van der Waals surface area contributed by atoms with Gasteiger partial charge in [0.05, 0.1) is 19.7 Å². The van der Waals surface area contributed by atoms with Crippen molar-refractivity contribution in [1.29, 1.82) is 0 Å². The number of benzene rings is 1.